The van der Waals surface area contributed by atoms with Crippen LogP contribution < -0.4 is 5.43 Å². The lowest BCUT2D eigenvalue weighted by atomic mass is 10.2. The Morgan fingerprint density at radius 2 is 1.79 bits per heavy atom. The van der Waals surface area contributed by atoms with E-state index in [1.807, 2.05) is 18.2 Å². The number of hydrogen-bond donors (Lipinski definition) is 1. The van der Waals surface area contributed by atoms with E-state index in [1.54, 1.807) is 12.1 Å². The van der Waals surface area contributed by atoms with Crippen LogP contribution in [0.15, 0.2) is 51.7 Å². The van der Waals surface area contributed by atoms with Gasteiger partial charge in [0.2, 0.25) is 0 Å². The summed E-state index contributed by atoms with van der Waals surface area (Å²) in [7, 11) is 0. The molecule has 3 nitrogen and oxygen atoms in total. The third-order valence-corrected chi connectivity index (χ3v) is 1.81. The molecule has 1 aromatic carbocycles. The third kappa shape index (κ3) is 1.66. The van der Waals surface area contributed by atoms with E-state index in [4.69, 9.17) is 9.52 Å². The Hall–Kier alpha value is -2.03. The lowest BCUT2D eigenvalue weighted by molar-refractivity contribution is 0.328. The van der Waals surface area contributed by atoms with Crippen molar-refractivity contribution < 1.29 is 9.52 Å². The summed E-state index contributed by atoms with van der Waals surface area (Å²) in [6.45, 7) is 0. The summed E-state index contributed by atoms with van der Waals surface area (Å²) in [5.41, 5.74) is 0.494. The first kappa shape index (κ1) is 8.56. The Bertz CT molecular complexity index is 485. The highest BCUT2D eigenvalue weighted by atomic mass is 16.5. The Morgan fingerprint density at radius 3 is 2.43 bits per heavy atom. The number of aromatic hydroxyl groups is 1. The minimum absolute atomic E-state index is 0.271. The normalized spacial score (nSPS) is 10.0. The van der Waals surface area contributed by atoms with Crippen LogP contribution in [0.4, 0.5) is 0 Å². The fraction of sp³-hybridized carbons (Fsp3) is 0. The van der Waals surface area contributed by atoms with Crippen LogP contribution >= 0.6 is 0 Å². The highest BCUT2D eigenvalue weighted by molar-refractivity contribution is 5.56. The fourth-order valence-electron chi connectivity index (χ4n) is 1.21. The van der Waals surface area contributed by atoms with E-state index >= 15 is 0 Å². The molecule has 14 heavy (non-hydrogen) atoms. The maximum Gasteiger partial charge on any atom is 0.286 e. The minimum atomic E-state index is -0.364. The van der Waals surface area contributed by atoms with E-state index in [-0.39, 0.29) is 11.4 Å². The average Bonchev–Trinajstić information content (AvgIpc) is 2.18. The second-order valence-corrected chi connectivity index (χ2v) is 2.86. The molecule has 0 atom stereocenters. The number of rotatable bonds is 1. The standard InChI is InChI=1S/C11H8O3/c12-9-6-10(14-11(13)7-9)8-4-2-1-3-5-8/h1-7,13H. The van der Waals surface area contributed by atoms with E-state index in [9.17, 15) is 4.79 Å². The van der Waals surface area contributed by atoms with Crippen LogP contribution in [0.1, 0.15) is 0 Å². The van der Waals surface area contributed by atoms with Crippen molar-refractivity contribution in [1.82, 2.24) is 0 Å². The maximum atomic E-state index is 11.1. The van der Waals surface area contributed by atoms with Crippen molar-refractivity contribution in [1.29, 1.82) is 0 Å². The molecule has 1 heterocycles. The summed E-state index contributed by atoms with van der Waals surface area (Å²) >= 11 is 0. The van der Waals surface area contributed by atoms with Gasteiger partial charge in [-0.25, -0.2) is 0 Å². The van der Waals surface area contributed by atoms with Gasteiger partial charge in [-0.05, 0) is 0 Å². The molecular formula is C11H8O3. The van der Waals surface area contributed by atoms with Gasteiger partial charge in [0, 0.05) is 11.6 Å². The van der Waals surface area contributed by atoms with E-state index in [1.165, 1.54) is 6.07 Å². The van der Waals surface area contributed by atoms with Gasteiger partial charge < -0.3 is 9.52 Å². The Balaban J connectivity index is 2.58. The molecule has 0 unspecified atom stereocenters. The van der Waals surface area contributed by atoms with Crippen LogP contribution in [-0.4, -0.2) is 5.11 Å². The SMILES string of the molecule is O=c1cc(O)oc(-c2ccccc2)c1. The van der Waals surface area contributed by atoms with E-state index in [0.29, 0.717) is 5.76 Å². The molecule has 1 N–H and O–H groups in total. The molecule has 0 saturated carbocycles. The lowest BCUT2D eigenvalue weighted by Gasteiger charge is -1.99. The zero-order chi connectivity index (χ0) is 9.97. The van der Waals surface area contributed by atoms with Crippen LogP contribution in [0, 0.1) is 0 Å². The molecule has 0 bridgehead atoms. The topological polar surface area (TPSA) is 50.4 Å². The van der Waals surface area contributed by atoms with Crippen LogP contribution in [0.3, 0.4) is 0 Å². The predicted octanol–water partition coefficient (Wildman–Crippen LogP) is 2.01. The zero-order valence-corrected chi connectivity index (χ0v) is 7.31. The van der Waals surface area contributed by atoms with Gasteiger partial charge in [0.05, 0.1) is 6.07 Å². The van der Waals surface area contributed by atoms with Crippen LogP contribution in [-0.2, 0) is 0 Å². The average molecular weight is 188 g/mol. The van der Waals surface area contributed by atoms with E-state index in [2.05, 4.69) is 0 Å². The first-order chi connectivity index (χ1) is 6.75. The molecule has 0 spiro atoms. The summed E-state index contributed by atoms with van der Waals surface area (Å²) in [6, 6.07) is 11.5. The predicted molar refractivity (Wildman–Crippen MR) is 52.1 cm³/mol. The van der Waals surface area contributed by atoms with Crippen LogP contribution in [0.5, 0.6) is 5.95 Å². The van der Waals surface area contributed by atoms with Gasteiger partial charge in [0.25, 0.3) is 5.95 Å². The molecule has 0 aliphatic carbocycles. The van der Waals surface area contributed by atoms with E-state index in [0.717, 1.165) is 11.6 Å². The van der Waals surface area contributed by atoms with Crippen molar-refractivity contribution >= 4 is 0 Å². The lowest BCUT2D eigenvalue weighted by Crippen LogP contribution is -1.95. The Kier molecular flexibility index (Phi) is 2.07. The first-order valence-electron chi connectivity index (χ1n) is 4.15. The molecule has 70 valence electrons. The maximum absolute atomic E-state index is 11.1. The quantitative estimate of drug-likeness (QED) is 0.744. The molecule has 0 aliphatic rings. The monoisotopic (exact) mass is 188 g/mol. The van der Waals surface area contributed by atoms with Gasteiger partial charge in [0.1, 0.15) is 5.76 Å². The molecule has 2 rings (SSSR count). The zero-order valence-electron chi connectivity index (χ0n) is 7.31. The molecule has 0 aliphatic heterocycles. The van der Waals surface area contributed by atoms with Gasteiger partial charge in [0.15, 0.2) is 5.43 Å². The number of benzene rings is 1. The number of hydrogen-bond acceptors (Lipinski definition) is 3. The van der Waals surface area contributed by atoms with Crippen LogP contribution in [0.2, 0.25) is 0 Å². The smallest absolute Gasteiger partial charge is 0.286 e. The van der Waals surface area contributed by atoms with Crippen molar-refractivity contribution in [3.63, 3.8) is 0 Å². The molecule has 1 aromatic heterocycles. The molecule has 3 heteroatoms. The molecular weight excluding hydrogens is 180 g/mol. The Labute approximate surface area is 80.2 Å². The van der Waals surface area contributed by atoms with Crippen molar-refractivity contribution in [3.05, 3.63) is 52.7 Å². The van der Waals surface area contributed by atoms with Gasteiger partial charge in [-0.1, -0.05) is 30.3 Å². The van der Waals surface area contributed by atoms with Gasteiger partial charge in [-0.3, -0.25) is 4.79 Å². The minimum Gasteiger partial charge on any atom is -0.481 e. The summed E-state index contributed by atoms with van der Waals surface area (Å²) in [5.74, 6) is 0.00644. The highest BCUT2D eigenvalue weighted by Crippen LogP contribution is 2.20. The van der Waals surface area contributed by atoms with Crippen molar-refractivity contribution in [2.75, 3.05) is 0 Å². The summed E-state index contributed by atoms with van der Waals surface area (Å²) in [5, 5.41) is 9.09. The van der Waals surface area contributed by atoms with E-state index < -0.39 is 0 Å². The van der Waals surface area contributed by atoms with Crippen LogP contribution in [0.25, 0.3) is 11.3 Å². The van der Waals surface area contributed by atoms with Gasteiger partial charge in [-0.2, -0.15) is 0 Å². The molecule has 0 radical (unpaired) electrons. The van der Waals surface area contributed by atoms with Gasteiger partial charge in [-0.15, -0.1) is 0 Å². The first-order valence-corrected chi connectivity index (χ1v) is 4.15. The summed E-state index contributed by atoms with van der Waals surface area (Å²) in [4.78, 5) is 11.1. The Morgan fingerprint density at radius 1 is 1.07 bits per heavy atom. The fourth-order valence-corrected chi connectivity index (χ4v) is 1.21. The van der Waals surface area contributed by atoms with Crippen molar-refractivity contribution in [2.24, 2.45) is 0 Å². The van der Waals surface area contributed by atoms with Crippen molar-refractivity contribution in [3.8, 4) is 17.3 Å². The molecule has 2 aromatic rings. The third-order valence-electron chi connectivity index (χ3n) is 1.81. The summed E-state index contributed by atoms with van der Waals surface area (Å²) < 4.78 is 5.00. The largest absolute Gasteiger partial charge is 0.481 e. The second kappa shape index (κ2) is 3.38. The summed E-state index contributed by atoms with van der Waals surface area (Å²) in [6.07, 6.45) is 0. The van der Waals surface area contributed by atoms with Crippen molar-refractivity contribution in [2.45, 2.75) is 0 Å². The second-order valence-electron chi connectivity index (χ2n) is 2.86. The molecule has 0 amide bonds. The van der Waals surface area contributed by atoms with Gasteiger partial charge >= 0.3 is 0 Å². The highest BCUT2D eigenvalue weighted by Gasteiger charge is 2.02. The molecule has 0 saturated heterocycles. The molecule has 0 fully saturated rings.